The second-order valence-corrected chi connectivity index (χ2v) is 15.6. The molecule has 56 heavy (non-hydrogen) atoms. The van der Waals surface area contributed by atoms with Crippen molar-refractivity contribution in [3.05, 3.63) is 63.2 Å². The molecule has 1 aromatic carbocycles. The van der Waals surface area contributed by atoms with E-state index in [0.29, 0.717) is 16.3 Å². The van der Waals surface area contributed by atoms with Crippen molar-refractivity contribution in [1.29, 1.82) is 0 Å². The van der Waals surface area contributed by atoms with Crippen LogP contribution in [-0.2, 0) is 30.6 Å². The van der Waals surface area contributed by atoms with Gasteiger partial charge in [-0.25, -0.2) is 14.8 Å². The van der Waals surface area contributed by atoms with Crippen LogP contribution in [0.25, 0.3) is 5.78 Å². The number of oxime groups is 1. The quantitative estimate of drug-likeness (QED) is 0.0236. The van der Waals surface area contributed by atoms with Crippen LogP contribution >= 0.6 is 34.9 Å². The number of rotatable bonds is 12. The lowest BCUT2D eigenvalue weighted by Crippen LogP contribution is -2.71. The SMILES string of the molecule is Cc1nc2nc(CO)nn2c(SCC2=C(C(=O)O)N3C(=O)C(NC(=O)C(=NOC(C)(C)C(=O)NNC(=O)c4ccc(O)c(O)c4)c4csc(N)n4)[C@@H]3SC2)c1C. The molecule has 0 spiro atoms. The molecule has 2 atom stereocenters. The predicted molar refractivity (Wildman–Crippen MR) is 200 cm³/mol. The van der Waals surface area contributed by atoms with Crippen LogP contribution in [0, 0.1) is 13.8 Å². The van der Waals surface area contributed by atoms with Gasteiger partial charge in [0.05, 0.1) is 0 Å². The van der Waals surface area contributed by atoms with Crippen molar-refractivity contribution < 1.29 is 49.2 Å². The number of carboxylic acid groups (broad SMARTS) is 1. The second kappa shape index (κ2) is 15.6. The number of aliphatic hydroxyl groups is 1. The van der Waals surface area contributed by atoms with Gasteiger partial charge in [0.2, 0.25) is 5.60 Å². The smallest absolute Gasteiger partial charge is 0.352 e. The van der Waals surface area contributed by atoms with Gasteiger partial charge in [0.1, 0.15) is 34.4 Å². The summed E-state index contributed by atoms with van der Waals surface area (Å²) in [4.78, 5) is 84.4. The van der Waals surface area contributed by atoms with Crippen LogP contribution in [0.4, 0.5) is 5.13 Å². The van der Waals surface area contributed by atoms with Crippen molar-refractivity contribution >= 4 is 81.1 Å². The molecule has 4 amide bonds. The van der Waals surface area contributed by atoms with Gasteiger partial charge in [-0.1, -0.05) is 5.16 Å². The van der Waals surface area contributed by atoms with Crippen LogP contribution in [0.15, 0.2) is 45.0 Å². The number of benzene rings is 1. The number of nitrogens with one attached hydrogen (secondary N) is 3. The van der Waals surface area contributed by atoms with E-state index in [2.05, 4.69) is 41.4 Å². The Morgan fingerprint density at radius 1 is 1.12 bits per heavy atom. The zero-order chi connectivity index (χ0) is 40.6. The molecule has 1 saturated heterocycles. The van der Waals surface area contributed by atoms with E-state index in [0.717, 1.165) is 33.9 Å². The fourth-order valence-corrected chi connectivity index (χ4v) is 8.48. The molecule has 294 valence electrons. The molecule has 1 unspecified atom stereocenters. The molecule has 0 aliphatic carbocycles. The Bertz CT molecular complexity index is 2360. The molecule has 5 heterocycles. The highest BCUT2D eigenvalue weighted by Crippen LogP contribution is 2.42. The van der Waals surface area contributed by atoms with Crippen LogP contribution in [0.3, 0.4) is 0 Å². The largest absolute Gasteiger partial charge is 0.504 e. The highest BCUT2D eigenvalue weighted by Gasteiger charge is 2.54. The zero-order valence-corrected chi connectivity index (χ0v) is 32.2. The van der Waals surface area contributed by atoms with Crippen LogP contribution < -0.4 is 21.9 Å². The number of aryl methyl sites for hydroxylation is 1. The van der Waals surface area contributed by atoms with E-state index >= 15 is 0 Å². The topological polar surface area (TPSA) is 309 Å². The molecule has 6 rings (SSSR count). The number of phenols is 2. The number of anilines is 1. The summed E-state index contributed by atoms with van der Waals surface area (Å²) >= 11 is 3.51. The molecule has 1 fully saturated rings. The highest BCUT2D eigenvalue weighted by atomic mass is 32.2. The number of thiazole rings is 1. The van der Waals surface area contributed by atoms with Crippen molar-refractivity contribution in [2.75, 3.05) is 17.2 Å². The first-order valence-corrected chi connectivity index (χ1v) is 19.2. The molecule has 2 aliphatic heterocycles. The number of nitrogens with zero attached hydrogens (tertiary/aromatic N) is 7. The second-order valence-electron chi connectivity index (χ2n) is 12.7. The number of hydrazine groups is 1. The van der Waals surface area contributed by atoms with E-state index in [1.54, 1.807) is 6.92 Å². The normalized spacial score (nSPS) is 17.0. The van der Waals surface area contributed by atoms with Crippen LogP contribution in [0.2, 0.25) is 0 Å². The minimum absolute atomic E-state index is 0.0405. The summed E-state index contributed by atoms with van der Waals surface area (Å²) in [6.45, 7) is 5.81. The Hall–Kier alpha value is -5.98. The summed E-state index contributed by atoms with van der Waals surface area (Å²) in [6, 6.07) is 2.11. The van der Waals surface area contributed by atoms with Gasteiger partial charge in [0.15, 0.2) is 28.2 Å². The van der Waals surface area contributed by atoms with Crippen LogP contribution in [-0.4, -0.2) is 114 Å². The van der Waals surface area contributed by atoms with Gasteiger partial charge < -0.3 is 36.3 Å². The summed E-state index contributed by atoms with van der Waals surface area (Å²) in [5.41, 5.74) is 9.41. The first kappa shape index (κ1) is 39.7. The van der Waals surface area contributed by atoms with Gasteiger partial charge in [-0.2, -0.15) is 9.50 Å². The maximum atomic E-state index is 13.7. The number of nitrogen functional groups attached to an aromatic ring is 1. The van der Waals surface area contributed by atoms with E-state index in [1.165, 1.54) is 53.3 Å². The molecule has 0 bridgehead atoms. The average molecular weight is 828 g/mol. The Morgan fingerprint density at radius 3 is 2.54 bits per heavy atom. The lowest BCUT2D eigenvalue weighted by molar-refractivity contribution is -0.150. The monoisotopic (exact) mass is 827 g/mol. The zero-order valence-electron chi connectivity index (χ0n) is 29.8. The van der Waals surface area contributed by atoms with Gasteiger partial charge in [-0.15, -0.1) is 40.0 Å². The van der Waals surface area contributed by atoms with Crippen molar-refractivity contribution in [3.63, 3.8) is 0 Å². The van der Waals surface area contributed by atoms with E-state index in [-0.39, 0.29) is 45.2 Å². The number of nitrogens with two attached hydrogens (primary N) is 1. The third-order valence-electron chi connectivity index (χ3n) is 8.44. The first-order valence-electron chi connectivity index (χ1n) is 16.3. The molecule has 3 aromatic heterocycles. The standard InChI is InChI=1S/C32H33N11O10S3/c1-12-13(2)34-31-36-19(8-44)40-43(31)26(12)54-9-15-10-55-27-21(25(49)42(27)22(15)28(50)51)37-24(48)20(16-11-56-30(33)35-16)41-53-32(3,4)29(52)39-38-23(47)14-5-6-17(45)18(46)7-14/h5-7,11,21,27,44-46H,8-10H2,1-4H3,(H2,33,35)(H,37,48)(H,38,47)(H,39,52)(H,50,51)/t21?,27-/m0/s1. The highest BCUT2D eigenvalue weighted by molar-refractivity contribution is 8.01. The van der Waals surface area contributed by atoms with E-state index in [4.69, 9.17) is 10.6 Å². The number of aliphatic carboxylic acids is 1. The van der Waals surface area contributed by atoms with Gasteiger partial charge in [0, 0.05) is 33.7 Å². The Kier molecular flexibility index (Phi) is 11.1. The van der Waals surface area contributed by atoms with Gasteiger partial charge in [0.25, 0.3) is 29.4 Å². The van der Waals surface area contributed by atoms with Crippen LogP contribution in [0.5, 0.6) is 11.5 Å². The van der Waals surface area contributed by atoms with Crippen molar-refractivity contribution in [1.82, 2.24) is 45.6 Å². The summed E-state index contributed by atoms with van der Waals surface area (Å²) in [5, 5.41) is 51.0. The van der Waals surface area contributed by atoms with Crippen LogP contribution in [0.1, 0.15) is 47.0 Å². The Labute approximate surface area is 328 Å². The van der Waals surface area contributed by atoms with Gasteiger partial charge in [-0.05, 0) is 51.5 Å². The van der Waals surface area contributed by atoms with E-state index < -0.39 is 70.4 Å². The number of fused-ring (bicyclic) bond motifs is 2. The number of aromatic nitrogens is 5. The number of carbonyl (C=O) groups excluding carboxylic acids is 4. The number of carboxylic acids is 1. The number of hydrogen-bond donors (Lipinski definition) is 8. The fourth-order valence-electron chi connectivity index (χ4n) is 5.30. The number of hydrogen-bond acceptors (Lipinski definition) is 18. The summed E-state index contributed by atoms with van der Waals surface area (Å²) < 4.78 is 1.48. The molecular formula is C32H33N11O10S3. The number of phenolic OH excluding ortho intramolecular Hbond substituents is 2. The Balaban J connectivity index is 1.15. The lowest BCUT2D eigenvalue weighted by atomic mass is 10.0. The van der Waals surface area contributed by atoms with Crippen molar-refractivity contribution in [2.45, 2.75) is 56.3 Å². The van der Waals surface area contributed by atoms with Crippen molar-refractivity contribution in [3.8, 4) is 11.5 Å². The third-order valence-corrected chi connectivity index (χ3v) is 11.7. The first-order chi connectivity index (χ1) is 26.5. The molecule has 21 nitrogen and oxygen atoms in total. The number of amides is 4. The minimum atomic E-state index is -1.82. The molecule has 0 saturated carbocycles. The molecule has 4 aromatic rings. The number of aromatic hydroxyl groups is 2. The van der Waals surface area contributed by atoms with Gasteiger partial charge in [-0.3, -0.25) is 34.9 Å². The van der Waals surface area contributed by atoms with E-state index in [1.807, 2.05) is 6.92 Å². The molecule has 24 heteroatoms. The van der Waals surface area contributed by atoms with Crippen molar-refractivity contribution in [2.24, 2.45) is 5.16 Å². The average Bonchev–Trinajstić information content (AvgIpc) is 3.78. The number of thioether (sulfide) groups is 2. The maximum Gasteiger partial charge on any atom is 0.352 e. The summed E-state index contributed by atoms with van der Waals surface area (Å²) in [6.07, 6.45) is 0. The Morgan fingerprint density at radius 2 is 1.88 bits per heavy atom. The molecule has 2 aliphatic rings. The summed E-state index contributed by atoms with van der Waals surface area (Å²) in [5.74, 6) is -4.85. The number of β-lactam (4-membered cyclic amide) rings is 1. The fraction of sp³-hybridized carbons (Fsp3) is 0.312. The molecule has 0 radical (unpaired) electrons. The molecule has 9 N–H and O–H groups in total. The molecular weight excluding hydrogens is 795 g/mol. The van der Waals surface area contributed by atoms with E-state index in [9.17, 15) is 44.4 Å². The minimum Gasteiger partial charge on any atom is -0.504 e. The third kappa shape index (κ3) is 7.75. The maximum absolute atomic E-state index is 13.7. The van der Waals surface area contributed by atoms with Gasteiger partial charge >= 0.3 is 5.97 Å². The predicted octanol–water partition coefficient (Wildman–Crippen LogP) is 0.175. The number of aliphatic hydroxyl groups excluding tert-OH is 1. The summed E-state index contributed by atoms with van der Waals surface area (Å²) in [7, 11) is 0. The lowest BCUT2D eigenvalue weighted by Gasteiger charge is -2.49. The number of carbonyl (C=O) groups is 5.